The van der Waals surface area contributed by atoms with Crippen LogP contribution < -0.4 is 5.32 Å². The first-order chi connectivity index (χ1) is 13.6. The van der Waals surface area contributed by atoms with Gasteiger partial charge in [0, 0.05) is 36.2 Å². The average molecular weight is 394 g/mol. The zero-order valence-electron chi connectivity index (χ0n) is 15.0. The molecule has 0 spiro atoms. The van der Waals surface area contributed by atoms with Gasteiger partial charge in [0.15, 0.2) is 5.13 Å². The number of nitrogens with one attached hydrogen (secondary N) is 1. The number of carbonyl (C=O) groups excluding carboxylic acids is 1. The number of aromatic nitrogens is 1. The second-order valence-electron chi connectivity index (χ2n) is 6.62. The number of carbonyl (C=O) groups is 1. The summed E-state index contributed by atoms with van der Waals surface area (Å²) in [5.41, 5.74) is 3.89. The van der Waals surface area contributed by atoms with E-state index in [9.17, 15) is 14.9 Å². The van der Waals surface area contributed by atoms with E-state index in [1.165, 1.54) is 34.6 Å². The van der Waals surface area contributed by atoms with Gasteiger partial charge in [-0.05, 0) is 17.5 Å². The maximum absolute atomic E-state index is 12.4. The molecule has 0 atom stereocenters. The molecule has 0 fully saturated rings. The Kier molecular flexibility index (Phi) is 5.14. The normalized spacial score (nSPS) is 13.7. The molecule has 0 unspecified atom stereocenters. The average Bonchev–Trinajstić information content (AvgIpc) is 3.16. The second-order valence-corrected chi connectivity index (χ2v) is 7.48. The molecule has 1 aliphatic rings. The Labute approximate surface area is 165 Å². The van der Waals surface area contributed by atoms with Crippen molar-refractivity contribution in [2.24, 2.45) is 0 Å². The molecular weight excluding hydrogens is 376 g/mol. The van der Waals surface area contributed by atoms with Gasteiger partial charge in [0.05, 0.1) is 17.2 Å². The monoisotopic (exact) mass is 394 g/mol. The Balaban J connectivity index is 1.38. The maximum atomic E-state index is 12.4. The third-order valence-corrected chi connectivity index (χ3v) is 5.44. The van der Waals surface area contributed by atoms with Crippen molar-refractivity contribution in [3.63, 3.8) is 0 Å². The summed E-state index contributed by atoms with van der Waals surface area (Å²) in [5.74, 6) is -0.112. The molecule has 2 heterocycles. The van der Waals surface area contributed by atoms with Gasteiger partial charge in [0.1, 0.15) is 0 Å². The van der Waals surface area contributed by atoms with Gasteiger partial charge in [0.25, 0.3) is 5.69 Å². The number of nitrogens with zero attached hydrogens (tertiary/aromatic N) is 3. The summed E-state index contributed by atoms with van der Waals surface area (Å²) in [5, 5.41) is 16.0. The number of anilines is 1. The van der Waals surface area contributed by atoms with E-state index in [2.05, 4.69) is 27.3 Å². The van der Waals surface area contributed by atoms with E-state index < -0.39 is 4.92 Å². The Morgan fingerprint density at radius 1 is 1.21 bits per heavy atom. The second kappa shape index (κ2) is 7.87. The standard InChI is InChI=1S/C20H18N4O3S/c25-19(12-23-9-8-14-4-1-2-5-16(14)11-23)22-20-21-18(13-28-20)15-6-3-7-17(10-15)24(26)27/h1-7,10,13H,8-9,11-12H2,(H,21,22,25). The number of hydrogen-bond acceptors (Lipinski definition) is 6. The van der Waals surface area contributed by atoms with E-state index in [0.717, 1.165) is 19.5 Å². The van der Waals surface area contributed by atoms with Crippen LogP contribution in [0.3, 0.4) is 0 Å². The fourth-order valence-electron chi connectivity index (χ4n) is 3.29. The number of fused-ring (bicyclic) bond motifs is 1. The number of nitro groups is 1. The third-order valence-electron chi connectivity index (χ3n) is 4.68. The lowest BCUT2D eigenvalue weighted by Crippen LogP contribution is -2.37. The lowest BCUT2D eigenvalue weighted by molar-refractivity contribution is -0.384. The van der Waals surface area contributed by atoms with Crippen LogP contribution in [0.5, 0.6) is 0 Å². The maximum Gasteiger partial charge on any atom is 0.270 e. The molecule has 7 nitrogen and oxygen atoms in total. The minimum absolute atomic E-state index is 0.0152. The summed E-state index contributed by atoms with van der Waals surface area (Å²) in [4.78, 5) is 29.4. The molecular formula is C20H18N4O3S. The number of benzene rings is 2. The van der Waals surface area contributed by atoms with Crippen LogP contribution >= 0.6 is 11.3 Å². The molecule has 0 radical (unpaired) electrons. The predicted octanol–water partition coefficient (Wildman–Crippen LogP) is 3.72. The predicted molar refractivity (Wildman–Crippen MR) is 108 cm³/mol. The van der Waals surface area contributed by atoms with Crippen molar-refractivity contribution >= 4 is 28.1 Å². The summed E-state index contributed by atoms with van der Waals surface area (Å²) in [6.45, 7) is 1.92. The summed E-state index contributed by atoms with van der Waals surface area (Å²) in [6, 6.07) is 14.6. The van der Waals surface area contributed by atoms with Crippen LogP contribution in [0.25, 0.3) is 11.3 Å². The molecule has 0 aliphatic carbocycles. The van der Waals surface area contributed by atoms with Crippen LogP contribution in [-0.2, 0) is 17.8 Å². The fraction of sp³-hybridized carbons (Fsp3) is 0.200. The van der Waals surface area contributed by atoms with Gasteiger partial charge in [-0.25, -0.2) is 4.98 Å². The Hall–Kier alpha value is -3.10. The van der Waals surface area contributed by atoms with E-state index in [1.54, 1.807) is 17.5 Å². The van der Waals surface area contributed by atoms with Gasteiger partial charge in [-0.2, -0.15) is 0 Å². The quantitative estimate of drug-likeness (QED) is 0.526. The van der Waals surface area contributed by atoms with Crippen LogP contribution in [-0.4, -0.2) is 33.8 Å². The molecule has 28 heavy (non-hydrogen) atoms. The van der Waals surface area contributed by atoms with Gasteiger partial charge in [-0.1, -0.05) is 36.4 Å². The number of rotatable bonds is 5. The van der Waals surface area contributed by atoms with Gasteiger partial charge >= 0.3 is 0 Å². The number of nitro benzene ring substituents is 1. The highest BCUT2D eigenvalue weighted by Gasteiger charge is 2.19. The molecule has 1 aliphatic heterocycles. The Morgan fingerprint density at radius 3 is 2.86 bits per heavy atom. The van der Waals surface area contributed by atoms with Crippen LogP contribution in [0.1, 0.15) is 11.1 Å². The van der Waals surface area contributed by atoms with Crippen LogP contribution in [0.2, 0.25) is 0 Å². The largest absolute Gasteiger partial charge is 0.301 e. The molecule has 0 bridgehead atoms. The molecule has 1 amide bonds. The van der Waals surface area contributed by atoms with E-state index in [4.69, 9.17) is 0 Å². The van der Waals surface area contributed by atoms with Crippen LogP contribution in [0, 0.1) is 10.1 Å². The van der Waals surface area contributed by atoms with Gasteiger partial charge in [-0.3, -0.25) is 19.8 Å². The number of non-ortho nitro benzene ring substituents is 1. The van der Waals surface area contributed by atoms with Crippen LogP contribution in [0.4, 0.5) is 10.8 Å². The molecule has 4 rings (SSSR count). The van der Waals surface area contributed by atoms with E-state index in [-0.39, 0.29) is 11.6 Å². The highest BCUT2D eigenvalue weighted by Crippen LogP contribution is 2.27. The van der Waals surface area contributed by atoms with Crippen molar-refractivity contribution in [1.82, 2.24) is 9.88 Å². The van der Waals surface area contributed by atoms with E-state index in [1.807, 2.05) is 12.1 Å². The minimum Gasteiger partial charge on any atom is -0.301 e. The lowest BCUT2D eigenvalue weighted by Gasteiger charge is -2.27. The molecule has 1 aromatic heterocycles. The molecule has 142 valence electrons. The highest BCUT2D eigenvalue weighted by atomic mass is 32.1. The zero-order valence-corrected chi connectivity index (χ0v) is 15.8. The van der Waals surface area contributed by atoms with Crippen molar-refractivity contribution in [2.75, 3.05) is 18.4 Å². The SMILES string of the molecule is O=C(CN1CCc2ccccc2C1)Nc1nc(-c2cccc([N+](=O)[O-])c2)cs1. The van der Waals surface area contributed by atoms with Crippen molar-refractivity contribution in [3.05, 3.63) is 75.2 Å². The topological polar surface area (TPSA) is 88.4 Å². The van der Waals surface area contributed by atoms with Crippen LogP contribution in [0.15, 0.2) is 53.9 Å². The number of thiazole rings is 1. The number of amides is 1. The molecule has 1 N–H and O–H groups in total. The summed E-state index contributed by atoms with van der Waals surface area (Å²) in [7, 11) is 0. The Morgan fingerprint density at radius 2 is 2.04 bits per heavy atom. The minimum atomic E-state index is -0.435. The smallest absolute Gasteiger partial charge is 0.270 e. The van der Waals surface area contributed by atoms with Crippen molar-refractivity contribution in [2.45, 2.75) is 13.0 Å². The van der Waals surface area contributed by atoms with Crippen molar-refractivity contribution in [1.29, 1.82) is 0 Å². The third kappa shape index (κ3) is 4.08. The summed E-state index contributed by atoms with van der Waals surface area (Å²) >= 11 is 1.31. The lowest BCUT2D eigenvalue weighted by atomic mass is 10.00. The van der Waals surface area contributed by atoms with E-state index in [0.29, 0.717) is 22.9 Å². The summed E-state index contributed by atoms with van der Waals surface area (Å²) in [6.07, 6.45) is 0.942. The molecule has 2 aromatic carbocycles. The van der Waals surface area contributed by atoms with Crippen molar-refractivity contribution in [3.8, 4) is 11.3 Å². The molecule has 0 saturated heterocycles. The molecule has 0 saturated carbocycles. The van der Waals surface area contributed by atoms with Crippen molar-refractivity contribution < 1.29 is 9.72 Å². The molecule has 3 aromatic rings. The first-order valence-electron chi connectivity index (χ1n) is 8.88. The van der Waals surface area contributed by atoms with E-state index >= 15 is 0 Å². The Bertz CT molecular complexity index is 1030. The zero-order chi connectivity index (χ0) is 19.5. The summed E-state index contributed by atoms with van der Waals surface area (Å²) < 4.78 is 0. The highest BCUT2D eigenvalue weighted by molar-refractivity contribution is 7.14. The van der Waals surface area contributed by atoms with Gasteiger partial charge in [0.2, 0.25) is 5.91 Å². The molecule has 8 heteroatoms. The first-order valence-corrected chi connectivity index (χ1v) is 9.76. The first kappa shape index (κ1) is 18.3. The van der Waals surface area contributed by atoms with Gasteiger partial charge < -0.3 is 5.32 Å². The number of hydrogen-bond donors (Lipinski definition) is 1. The fourth-order valence-corrected chi connectivity index (χ4v) is 4.03. The van der Waals surface area contributed by atoms with Gasteiger partial charge in [-0.15, -0.1) is 11.3 Å².